The maximum Gasteiger partial charge on any atom is 0.329 e. The molecule has 1 aliphatic rings. The van der Waals surface area contributed by atoms with E-state index in [1.807, 2.05) is 0 Å². The zero-order valence-corrected chi connectivity index (χ0v) is 7.25. The summed E-state index contributed by atoms with van der Waals surface area (Å²) in [5, 5.41) is 0. The fourth-order valence-corrected chi connectivity index (χ4v) is 0.523. The summed E-state index contributed by atoms with van der Waals surface area (Å²) in [6, 6.07) is 0. The van der Waals surface area contributed by atoms with Crippen molar-refractivity contribution >= 4 is 5.97 Å². The molecule has 0 bridgehead atoms. The van der Waals surface area contributed by atoms with Crippen LogP contribution in [0, 0.1) is 0 Å². The van der Waals surface area contributed by atoms with E-state index in [9.17, 15) is 4.79 Å². The average Bonchev–Trinajstić information content (AvgIpc) is 2.20. The molecule has 4 heteroatoms. The Balaban J connectivity index is 0.000000202. The minimum Gasteiger partial charge on any atom is -0.466 e. The number of carbonyl (C=O) groups is 1. The average molecular weight is 174 g/mol. The first kappa shape index (κ1) is 11.1. The summed E-state index contributed by atoms with van der Waals surface area (Å²) in [7, 11) is 1.31. The maximum atomic E-state index is 9.84. The monoisotopic (exact) mass is 174 g/mol. The van der Waals surface area contributed by atoms with Crippen molar-refractivity contribution in [3.8, 4) is 0 Å². The highest BCUT2D eigenvalue weighted by Crippen LogP contribution is 1.85. The molecular weight excluding hydrogens is 160 g/mol. The Bertz CT molecular complexity index is 118. The van der Waals surface area contributed by atoms with Gasteiger partial charge in [0, 0.05) is 6.08 Å². The van der Waals surface area contributed by atoms with Crippen molar-refractivity contribution in [3.63, 3.8) is 0 Å². The van der Waals surface area contributed by atoms with Crippen LogP contribution in [0.25, 0.3) is 0 Å². The van der Waals surface area contributed by atoms with E-state index in [0.29, 0.717) is 0 Å². The minimum absolute atomic E-state index is 0.394. The van der Waals surface area contributed by atoms with Crippen molar-refractivity contribution in [2.45, 2.75) is 0 Å². The molecule has 0 amide bonds. The summed E-state index contributed by atoms with van der Waals surface area (Å²) in [5.41, 5.74) is 0. The molecule has 1 rings (SSSR count). The van der Waals surface area contributed by atoms with Crippen LogP contribution in [-0.4, -0.2) is 39.5 Å². The van der Waals surface area contributed by atoms with Gasteiger partial charge >= 0.3 is 5.97 Å². The molecule has 0 unspecified atom stereocenters. The molecular formula is C8H14O4. The Morgan fingerprint density at radius 3 is 1.83 bits per heavy atom. The fourth-order valence-electron chi connectivity index (χ4n) is 0.523. The van der Waals surface area contributed by atoms with Crippen LogP contribution >= 0.6 is 0 Å². The molecule has 12 heavy (non-hydrogen) atoms. The highest BCUT2D eigenvalue weighted by Gasteiger charge is 1.94. The van der Waals surface area contributed by atoms with Crippen molar-refractivity contribution in [2.24, 2.45) is 0 Å². The van der Waals surface area contributed by atoms with Gasteiger partial charge in [-0.2, -0.15) is 0 Å². The normalized spacial score (nSPS) is 15.4. The van der Waals surface area contributed by atoms with E-state index in [-0.39, 0.29) is 0 Å². The van der Waals surface area contributed by atoms with Gasteiger partial charge in [0.25, 0.3) is 0 Å². The fraction of sp³-hybridized carbons (Fsp3) is 0.625. The molecule has 0 spiro atoms. The van der Waals surface area contributed by atoms with E-state index in [4.69, 9.17) is 9.47 Å². The third-order valence-electron chi connectivity index (χ3n) is 1.11. The number of hydrogen-bond donors (Lipinski definition) is 0. The zero-order valence-electron chi connectivity index (χ0n) is 7.25. The van der Waals surface area contributed by atoms with E-state index in [1.54, 1.807) is 0 Å². The third kappa shape index (κ3) is 7.24. The quantitative estimate of drug-likeness (QED) is 0.426. The van der Waals surface area contributed by atoms with E-state index >= 15 is 0 Å². The Kier molecular flexibility index (Phi) is 7.63. The lowest BCUT2D eigenvalue weighted by molar-refractivity contribution is -0.134. The predicted octanol–water partition coefficient (Wildman–Crippen LogP) is 0.379. The van der Waals surface area contributed by atoms with Gasteiger partial charge in [-0.3, -0.25) is 0 Å². The topological polar surface area (TPSA) is 44.8 Å². The summed E-state index contributed by atoms with van der Waals surface area (Å²) >= 11 is 0. The van der Waals surface area contributed by atoms with Crippen LogP contribution in [0.2, 0.25) is 0 Å². The third-order valence-corrected chi connectivity index (χ3v) is 1.11. The Labute approximate surface area is 72.1 Å². The van der Waals surface area contributed by atoms with Crippen molar-refractivity contribution in [2.75, 3.05) is 33.5 Å². The molecule has 1 heterocycles. The standard InChI is InChI=1S/C4H8O2.C4H6O2/c1-2-6-4-3-5-1;1-3-4(5)6-2/h1-4H2;3H,1H2,2H3. The second-order valence-electron chi connectivity index (χ2n) is 1.95. The van der Waals surface area contributed by atoms with Gasteiger partial charge in [0.05, 0.1) is 33.5 Å². The molecule has 70 valence electrons. The lowest BCUT2D eigenvalue weighted by Gasteiger charge is -2.09. The summed E-state index contributed by atoms with van der Waals surface area (Å²) in [4.78, 5) is 9.84. The highest BCUT2D eigenvalue weighted by molar-refractivity contribution is 5.80. The van der Waals surface area contributed by atoms with Crippen LogP contribution in [0.5, 0.6) is 0 Å². The first-order valence-electron chi connectivity index (χ1n) is 3.67. The van der Waals surface area contributed by atoms with Gasteiger partial charge in [0.2, 0.25) is 0 Å². The number of ether oxygens (including phenoxy) is 3. The second-order valence-corrected chi connectivity index (χ2v) is 1.95. The largest absolute Gasteiger partial charge is 0.466 e. The molecule has 0 aromatic carbocycles. The molecule has 0 atom stereocenters. The second kappa shape index (κ2) is 8.23. The van der Waals surface area contributed by atoms with Crippen molar-refractivity contribution < 1.29 is 19.0 Å². The van der Waals surface area contributed by atoms with Crippen LogP contribution in [0.1, 0.15) is 0 Å². The van der Waals surface area contributed by atoms with E-state index < -0.39 is 5.97 Å². The van der Waals surface area contributed by atoms with Crippen molar-refractivity contribution in [1.29, 1.82) is 0 Å². The van der Waals surface area contributed by atoms with Crippen LogP contribution in [0.3, 0.4) is 0 Å². The van der Waals surface area contributed by atoms with Crippen LogP contribution in [-0.2, 0) is 19.0 Å². The molecule has 0 aromatic rings. The molecule has 4 nitrogen and oxygen atoms in total. The molecule has 1 fully saturated rings. The first-order valence-corrected chi connectivity index (χ1v) is 3.67. The lowest BCUT2D eigenvalue weighted by Crippen LogP contribution is -2.16. The van der Waals surface area contributed by atoms with Crippen molar-refractivity contribution in [1.82, 2.24) is 0 Å². The van der Waals surface area contributed by atoms with E-state index in [1.165, 1.54) is 7.11 Å². The van der Waals surface area contributed by atoms with Gasteiger partial charge in [-0.15, -0.1) is 0 Å². The van der Waals surface area contributed by atoms with Gasteiger partial charge in [0.1, 0.15) is 0 Å². The van der Waals surface area contributed by atoms with Gasteiger partial charge in [0.15, 0.2) is 0 Å². The van der Waals surface area contributed by atoms with Gasteiger partial charge in [-0.1, -0.05) is 6.58 Å². The molecule has 0 N–H and O–H groups in total. The van der Waals surface area contributed by atoms with Gasteiger partial charge in [-0.25, -0.2) is 4.79 Å². The SMILES string of the molecule is C1COCCO1.C=CC(=O)OC. The Hall–Kier alpha value is -0.870. The number of esters is 1. The van der Waals surface area contributed by atoms with Gasteiger partial charge < -0.3 is 14.2 Å². The Morgan fingerprint density at radius 1 is 1.33 bits per heavy atom. The smallest absolute Gasteiger partial charge is 0.329 e. The molecule has 1 aliphatic heterocycles. The van der Waals surface area contributed by atoms with Crippen LogP contribution in [0.4, 0.5) is 0 Å². The minimum atomic E-state index is -0.394. The van der Waals surface area contributed by atoms with Crippen molar-refractivity contribution in [3.05, 3.63) is 12.7 Å². The molecule has 0 aromatic heterocycles. The number of rotatable bonds is 1. The summed E-state index contributed by atoms with van der Waals surface area (Å²) in [6.45, 7) is 6.27. The molecule has 0 aliphatic carbocycles. The van der Waals surface area contributed by atoms with Gasteiger partial charge in [-0.05, 0) is 0 Å². The number of hydrogen-bond acceptors (Lipinski definition) is 4. The number of carbonyl (C=O) groups excluding carboxylic acids is 1. The number of methoxy groups -OCH3 is 1. The molecule has 0 radical (unpaired) electrons. The first-order chi connectivity index (χ1) is 5.81. The van der Waals surface area contributed by atoms with Crippen LogP contribution < -0.4 is 0 Å². The highest BCUT2D eigenvalue weighted by atomic mass is 16.6. The zero-order chi connectivity index (χ0) is 9.23. The maximum absolute atomic E-state index is 9.84. The Morgan fingerprint density at radius 2 is 1.75 bits per heavy atom. The summed E-state index contributed by atoms with van der Waals surface area (Å²) in [5.74, 6) is -0.394. The van der Waals surface area contributed by atoms with E-state index in [0.717, 1.165) is 32.5 Å². The summed E-state index contributed by atoms with van der Waals surface area (Å²) in [6.07, 6.45) is 1.11. The summed E-state index contributed by atoms with van der Waals surface area (Å²) < 4.78 is 14.0. The molecule has 1 saturated heterocycles. The van der Waals surface area contributed by atoms with E-state index in [2.05, 4.69) is 11.3 Å². The predicted molar refractivity (Wildman–Crippen MR) is 43.9 cm³/mol. The lowest BCUT2D eigenvalue weighted by atomic mass is 10.6. The molecule has 0 saturated carbocycles. The van der Waals surface area contributed by atoms with Crippen LogP contribution in [0.15, 0.2) is 12.7 Å².